The predicted molar refractivity (Wildman–Crippen MR) is 121 cm³/mol. The Morgan fingerprint density at radius 1 is 1.07 bits per heavy atom. The van der Waals surface area contributed by atoms with Crippen LogP contribution in [0.5, 0.6) is 0 Å². The Bertz CT molecular complexity index is 1230. The number of imidazole rings is 1. The molecule has 2 aromatic heterocycles. The highest BCUT2D eigenvalue weighted by molar-refractivity contribution is 6.35. The van der Waals surface area contributed by atoms with E-state index in [1.807, 2.05) is 10.6 Å². The molecule has 1 saturated heterocycles. The molecule has 0 radical (unpaired) electrons. The molecule has 30 heavy (non-hydrogen) atoms. The SMILES string of the molecule is C[C@@H]1C[C@@H](C)CN(c2nc3c(c(=O)n(C)c(=O)n3C)n2Cc2ccc(Cl)cc2Cl)C1. The third kappa shape index (κ3) is 3.54. The van der Waals surface area contributed by atoms with Gasteiger partial charge in [0, 0.05) is 37.2 Å². The van der Waals surface area contributed by atoms with E-state index >= 15 is 0 Å². The summed E-state index contributed by atoms with van der Waals surface area (Å²) in [5.74, 6) is 1.70. The van der Waals surface area contributed by atoms with Crippen LogP contribution in [0.3, 0.4) is 0 Å². The summed E-state index contributed by atoms with van der Waals surface area (Å²) in [5, 5.41) is 1.08. The van der Waals surface area contributed by atoms with Gasteiger partial charge in [-0.2, -0.15) is 4.98 Å². The number of aromatic nitrogens is 4. The predicted octanol–water partition coefficient (Wildman–Crippen LogP) is 3.27. The molecule has 0 amide bonds. The number of piperidine rings is 1. The van der Waals surface area contributed by atoms with Gasteiger partial charge in [0.25, 0.3) is 5.56 Å². The van der Waals surface area contributed by atoms with Crippen molar-refractivity contribution in [1.82, 2.24) is 18.7 Å². The molecule has 1 aliphatic heterocycles. The number of hydrogen-bond acceptors (Lipinski definition) is 4. The fourth-order valence-corrected chi connectivity index (χ4v) is 4.94. The molecule has 1 aromatic carbocycles. The molecule has 7 nitrogen and oxygen atoms in total. The van der Waals surface area contributed by atoms with Crippen LogP contribution in [-0.2, 0) is 20.6 Å². The van der Waals surface area contributed by atoms with Crippen LogP contribution in [0.25, 0.3) is 11.2 Å². The smallest absolute Gasteiger partial charge is 0.332 e. The van der Waals surface area contributed by atoms with E-state index in [1.54, 1.807) is 19.2 Å². The Labute approximate surface area is 184 Å². The van der Waals surface area contributed by atoms with Gasteiger partial charge >= 0.3 is 5.69 Å². The molecular weight excluding hydrogens is 425 g/mol. The molecule has 0 N–H and O–H groups in total. The van der Waals surface area contributed by atoms with Crippen molar-refractivity contribution in [3.8, 4) is 0 Å². The van der Waals surface area contributed by atoms with Crippen LogP contribution >= 0.6 is 23.2 Å². The zero-order valence-electron chi connectivity index (χ0n) is 17.5. The van der Waals surface area contributed by atoms with Crippen LogP contribution in [-0.4, -0.2) is 31.8 Å². The van der Waals surface area contributed by atoms with Crippen molar-refractivity contribution in [2.75, 3.05) is 18.0 Å². The molecule has 4 rings (SSSR count). The lowest BCUT2D eigenvalue weighted by Crippen LogP contribution is -2.40. The Hall–Kier alpha value is -2.25. The minimum absolute atomic E-state index is 0.356. The molecule has 3 heterocycles. The van der Waals surface area contributed by atoms with Crippen molar-refractivity contribution in [2.45, 2.75) is 26.8 Å². The lowest BCUT2D eigenvalue weighted by Gasteiger charge is -2.35. The first-order chi connectivity index (χ1) is 14.2. The Morgan fingerprint density at radius 2 is 1.73 bits per heavy atom. The van der Waals surface area contributed by atoms with Gasteiger partial charge in [-0.05, 0) is 36.0 Å². The van der Waals surface area contributed by atoms with E-state index in [2.05, 4.69) is 18.7 Å². The molecule has 0 spiro atoms. The third-order valence-corrected chi connectivity index (χ3v) is 6.41. The Balaban J connectivity index is 1.97. The third-order valence-electron chi connectivity index (χ3n) is 5.82. The second kappa shape index (κ2) is 7.78. The van der Waals surface area contributed by atoms with E-state index in [0.717, 1.165) is 29.6 Å². The molecule has 0 saturated carbocycles. The van der Waals surface area contributed by atoms with Crippen molar-refractivity contribution in [1.29, 1.82) is 0 Å². The molecule has 2 atom stereocenters. The molecule has 0 aliphatic carbocycles. The fourth-order valence-electron chi connectivity index (χ4n) is 4.47. The number of halogens is 2. The molecule has 160 valence electrons. The molecule has 0 unspecified atom stereocenters. The van der Waals surface area contributed by atoms with E-state index in [1.165, 1.54) is 11.6 Å². The second-order valence-electron chi connectivity index (χ2n) is 8.46. The Morgan fingerprint density at radius 3 is 2.37 bits per heavy atom. The highest BCUT2D eigenvalue weighted by atomic mass is 35.5. The summed E-state index contributed by atoms with van der Waals surface area (Å²) in [4.78, 5) is 32.6. The number of nitrogens with zero attached hydrogens (tertiary/aromatic N) is 5. The number of aryl methyl sites for hydroxylation is 1. The molecule has 0 bridgehead atoms. The summed E-state index contributed by atoms with van der Waals surface area (Å²) in [6.45, 7) is 6.49. The van der Waals surface area contributed by atoms with E-state index in [0.29, 0.717) is 45.5 Å². The lowest BCUT2D eigenvalue weighted by molar-refractivity contribution is 0.352. The summed E-state index contributed by atoms with van der Waals surface area (Å²) in [7, 11) is 3.13. The van der Waals surface area contributed by atoms with Crippen LogP contribution < -0.4 is 16.1 Å². The molecule has 3 aromatic rings. The standard InChI is InChI=1S/C21H25Cl2N5O2/c1-12-7-13(2)10-27(9-12)20-24-18-17(19(29)26(4)21(30)25(18)3)28(20)11-14-5-6-15(22)8-16(14)23/h5-6,8,12-13H,7,9-11H2,1-4H3/t12-,13-/m1/s1. The maximum atomic E-state index is 13.1. The Kier molecular flexibility index (Phi) is 5.45. The van der Waals surface area contributed by atoms with Gasteiger partial charge in [0.1, 0.15) is 0 Å². The van der Waals surface area contributed by atoms with Crippen molar-refractivity contribution < 1.29 is 0 Å². The number of rotatable bonds is 3. The number of fused-ring (bicyclic) bond motifs is 1. The van der Waals surface area contributed by atoms with Crippen molar-refractivity contribution in [3.05, 3.63) is 54.6 Å². The van der Waals surface area contributed by atoms with Crippen LogP contribution in [0.15, 0.2) is 27.8 Å². The first-order valence-corrected chi connectivity index (χ1v) is 10.8. The summed E-state index contributed by atoms with van der Waals surface area (Å²) in [6, 6.07) is 5.32. The molecule has 1 aliphatic rings. The summed E-state index contributed by atoms with van der Waals surface area (Å²) >= 11 is 12.5. The van der Waals surface area contributed by atoms with E-state index in [-0.39, 0.29) is 5.56 Å². The number of anilines is 1. The highest BCUT2D eigenvalue weighted by Crippen LogP contribution is 2.30. The van der Waals surface area contributed by atoms with Gasteiger partial charge in [-0.3, -0.25) is 18.5 Å². The monoisotopic (exact) mass is 449 g/mol. The summed E-state index contributed by atoms with van der Waals surface area (Å²) in [5.41, 5.74) is 0.847. The molecule has 9 heteroatoms. The van der Waals surface area contributed by atoms with Crippen LogP contribution in [0.2, 0.25) is 10.0 Å². The van der Waals surface area contributed by atoms with Gasteiger partial charge in [0.05, 0.1) is 6.54 Å². The van der Waals surface area contributed by atoms with Crippen LogP contribution in [0.1, 0.15) is 25.8 Å². The van der Waals surface area contributed by atoms with Crippen molar-refractivity contribution in [3.63, 3.8) is 0 Å². The maximum absolute atomic E-state index is 13.1. The van der Waals surface area contributed by atoms with Gasteiger partial charge in [-0.25, -0.2) is 4.79 Å². The second-order valence-corrected chi connectivity index (χ2v) is 9.31. The van der Waals surface area contributed by atoms with Gasteiger partial charge in [0.15, 0.2) is 11.2 Å². The molecule has 1 fully saturated rings. The summed E-state index contributed by atoms with van der Waals surface area (Å²) in [6.07, 6.45) is 1.15. The number of hydrogen-bond donors (Lipinski definition) is 0. The summed E-state index contributed by atoms with van der Waals surface area (Å²) < 4.78 is 4.43. The minimum Gasteiger partial charge on any atom is -0.342 e. The van der Waals surface area contributed by atoms with Crippen LogP contribution in [0.4, 0.5) is 5.95 Å². The highest BCUT2D eigenvalue weighted by Gasteiger charge is 2.28. The normalized spacial score (nSPS) is 19.6. The molecular formula is C21H25Cl2N5O2. The minimum atomic E-state index is -0.395. The van der Waals surface area contributed by atoms with Crippen molar-refractivity contribution in [2.24, 2.45) is 25.9 Å². The quantitative estimate of drug-likeness (QED) is 0.615. The topological polar surface area (TPSA) is 65.1 Å². The fraction of sp³-hybridized carbons (Fsp3) is 0.476. The average Bonchev–Trinajstić information content (AvgIpc) is 3.05. The van der Waals surface area contributed by atoms with Gasteiger partial charge in [-0.15, -0.1) is 0 Å². The van der Waals surface area contributed by atoms with Crippen LogP contribution in [0, 0.1) is 11.8 Å². The van der Waals surface area contributed by atoms with Gasteiger partial charge < -0.3 is 4.90 Å². The van der Waals surface area contributed by atoms with Crippen molar-refractivity contribution >= 4 is 40.3 Å². The maximum Gasteiger partial charge on any atom is 0.332 e. The van der Waals surface area contributed by atoms with Gasteiger partial charge in [-0.1, -0.05) is 43.1 Å². The zero-order chi connectivity index (χ0) is 21.7. The lowest BCUT2D eigenvalue weighted by atomic mass is 9.92. The van der Waals surface area contributed by atoms with Gasteiger partial charge in [0.2, 0.25) is 5.95 Å². The van der Waals surface area contributed by atoms with E-state index in [4.69, 9.17) is 28.2 Å². The van der Waals surface area contributed by atoms with E-state index in [9.17, 15) is 9.59 Å². The number of benzene rings is 1. The zero-order valence-corrected chi connectivity index (χ0v) is 19.0. The van der Waals surface area contributed by atoms with E-state index < -0.39 is 5.69 Å². The largest absolute Gasteiger partial charge is 0.342 e. The first kappa shape index (κ1) is 21.0. The average molecular weight is 450 g/mol. The first-order valence-electron chi connectivity index (χ1n) is 10.0.